The lowest BCUT2D eigenvalue weighted by Gasteiger charge is -2.17. The van der Waals surface area contributed by atoms with Gasteiger partial charge in [0.05, 0.1) is 6.61 Å². The van der Waals surface area contributed by atoms with Crippen molar-refractivity contribution in [2.45, 2.75) is 13.5 Å². The van der Waals surface area contributed by atoms with Crippen molar-refractivity contribution >= 4 is 5.91 Å². The third-order valence-corrected chi connectivity index (χ3v) is 2.88. The molecule has 2 unspecified atom stereocenters. The van der Waals surface area contributed by atoms with Crippen LogP contribution < -0.4 is 5.32 Å². The molecule has 0 bridgehead atoms. The molecule has 3 heteroatoms. The van der Waals surface area contributed by atoms with E-state index in [2.05, 4.69) is 11.9 Å². The Hall–Kier alpha value is -1.61. The number of carbonyl (C=O) groups is 1. The van der Waals surface area contributed by atoms with Crippen molar-refractivity contribution in [3.63, 3.8) is 0 Å². The second kappa shape index (κ2) is 6.86. The molecular weight excluding hydrogens is 214 g/mol. The van der Waals surface area contributed by atoms with E-state index in [0.717, 1.165) is 5.56 Å². The SMILES string of the molecule is C=CC(CO)C(C)C(=O)NCc1ccccc1. The van der Waals surface area contributed by atoms with E-state index in [1.165, 1.54) is 0 Å². The summed E-state index contributed by atoms with van der Waals surface area (Å²) in [5, 5.41) is 11.9. The lowest BCUT2D eigenvalue weighted by molar-refractivity contribution is -0.126. The molecule has 0 heterocycles. The van der Waals surface area contributed by atoms with Crippen molar-refractivity contribution in [1.82, 2.24) is 5.32 Å². The van der Waals surface area contributed by atoms with Crippen molar-refractivity contribution in [1.29, 1.82) is 0 Å². The van der Waals surface area contributed by atoms with Crippen LogP contribution in [-0.2, 0) is 11.3 Å². The van der Waals surface area contributed by atoms with E-state index in [0.29, 0.717) is 6.54 Å². The van der Waals surface area contributed by atoms with Crippen molar-refractivity contribution in [3.05, 3.63) is 48.6 Å². The Balaban J connectivity index is 2.47. The van der Waals surface area contributed by atoms with Gasteiger partial charge >= 0.3 is 0 Å². The molecule has 1 rings (SSSR count). The lowest BCUT2D eigenvalue weighted by atomic mass is 9.94. The molecule has 0 spiro atoms. The highest BCUT2D eigenvalue weighted by molar-refractivity contribution is 5.78. The number of benzene rings is 1. The first-order valence-corrected chi connectivity index (χ1v) is 5.74. The van der Waals surface area contributed by atoms with Crippen LogP contribution in [0.4, 0.5) is 0 Å². The number of nitrogens with one attached hydrogen (secondary N) is 1. The van der Waals surface area contributed by atoms with E-state index in [9.17, 15) is 4.79 Å². The molecule has 0 saturated carbocycles. The highest BCUT2D eigenvalue weighted by Gasteiger charge is 2.20. The molecule has 1 amide bonds. The van der Waals surface area contributed by atoms with Gasteiger partial charge in [-0.3, -0.25) is 4.79 Å². The number of rotatable bonds is 6. The molecule has 0 aliphatic carbocycles. The molecule has 0 aliphatic heterocycles. The van der Waals surface area contributed by atoms with Crippen LogP contribution in [0.15, 0.2) is 43.0 Å². The van der Waals surface area contributed by atoms with Crippen molar-refractivity contribution in [2.75, 3.05) is 6.61 Å². The maximum absolute atomic E-state index is 11.8. The quantitative estimate of drug-likeness (QED) is 0.735. The number of carbonyl (C=O) groups excluding carboxylic acids is 1. The molecule has 1 aromatic carbocycles. The molecule has 0 aromatic heterocycles. The standard InChI is InChI=1S/C14H19NO2/c1-3-13(10-16)11(2)14(17)15-9-12-7-5-4-6-8-12/h3-8,11,13,16H,1,9-10H2,2H3,(H,15,17). The van der Waals surface area contributed by atoms with Crippen LogP contribution in [0.1, 0.15) is 12.5 Å². The van der Waals surface area contributed by atoms with Gasteiger partial charge in [-0.2, -0.15) is 0 Å². The smallest absolute Gasteiger partial charge is 0.223 e. The fraction of sp³-hybridized carbons (Fsp3) is 0.357. The van der Waals surface area contributed by atoms with Crippen LogP contribution in [0.25, 0.3) is 0 Å². The summed E-state index contributed by atoms with van der Waals surface area (Å²) in [6, 6.07) is 9.73. The normalized spacial score (nSPS) is 13.8. The number of amides is 1. The summed E-state index contributed by atoms with van der Waals surface area (Å²) in [4.78, 5) is 11.8. The van der Waals surface area contributed by atoms with Gasteiger partial charge in [0.15, 0.2) is 0 Å². The summed E-state index contributed by atoms with van der Waals surface area (Å²) < 4.78 is 0. The molecular formula is C14H19NO2. The molecule has 92 valence electrons. The van der Waals surface area contributed by atoms with Gasteiger partial charge < -0.3 is 10.4 Å². The van der Waals surface area contributed by atoms with Gasteiger partial charge in [0.25, 0.3) is 0 Å². The second-order valence-corrected chi connectivity index (χ2v) is 4.07. The maximum atomic E-state index is 11.8. The van der Waals surface area contributed by atoms with Crippen LogP contribution >= 0.6 is 0 Å². The van der Waals surface area contributed by atoms with Crippen LogP contribution in [0.3, 0.4) is 0 Å². The zero-order valence-electron chi connectivity index (χ0n) is 10.1. The van der Waals surface area contributed by atoms with Gasteiger partial charge in [0.2, 0.25) is 5.91 Å². The summed E-state index contributed by atoms with van der Waals surface area (Å²) >= 11 is 0. The Morgan fingerprint density at radius 3 is 2.65 bits per heavy atom. The second-order valence-electron chi connectivity index (χ2n) is 4.07. The molecule has 17 heavy (non-hydrogen) atoms. The average Bonchev–Trinajstić information content (AvgIpc) is 2.38. The zero-order valence-corrected chi connectivity index (χ0v) is 10.1. The minimum Gasteiger partial charge on any atom is -0.396 e. The van der Waals surface area contributed by atoms with Gasteiger partial charge in [-0.1, -0.05) is 43.3 Å². The first-order chi connectivity index (χ1) is 8.19. The van der Waals surface area contributed by atoms with Crippen LogP contribution in [-0.4, -0.2) is 17.6 Å². The van der Waals surface area contributed by atoms with Gasteiger partial charge in [-0.25, -0.2) is 0 Å². The molecule has 0 saturated heterocycles. The Kier molecular flexibility index (Phi) is 5.43. The van der Waals surface area contributed by atoms with Crippen LogP contribution in [0, 0.1) is 11.8 Å². The Bertz CT molecular complexity index is 362. The van der Waals surface area contributed by atoms with Crippen molar-refractivity contribution in [3.8, 4) is 0 Å². The fourth-order valence-corrected chi connectivity index (χ4v) is 1.58. The first-order valence-electron chi connectivity index (χ1n) is 5.74. The van der Waals surface area contributed by atoms with Crippen molar-refractivity contribution in [2.24, 2.45) is 11.8 Å². The Labute approximate surface area is 102 Å². The summed E-state index contributed by atoms with van der Waals surface area (Å²) in [6.45, 7) is 5.87. The molecule has 2 N–H and O–H groups in total. The van der Waals surface area contributed by atoms with E-state index in [1.54, 1.807) is 13.0 Å². The summed E-state index contributed by atoms with van der Waals surface area (Å²) in [6.07, 6.45) is 1.62. The van der Waals surface area contributed by atoms with Gasteiger partial charge in [-0.15, -0.1) is 6.58 Å². The van der Waals surface area contributed by atoms with Crippen molar-refractivity contribution < 1.29 is 9.90 Å². The number of aliphatic hydroxyl groups excluding tert-OH is 1. The van der Waals surface area contributed by atoms with Crippen LogP contribution in [0.5, 0.6) is 0 Å². The van der Waals surface area contributed by atoms with Gasteiger partial charge in [0, 0.05) is 18.4 Å². The maximum Gasteiger partial charge on any atom is 0.223 e. The third kappa shape index (κ3) is 4.04. The first kappa shape index (κ1) is 13.5. The van der Waals surface area contributed by atoms with Crippen LogP contribution in [0.2, 0.25) is 0 Å². The highest BCUT2D eigenvalue weighted by Crippen LogP contribution is 2.12. The molecule has 1 aromatic rings. The predicted octanol–water partition coefficient (Wildman–Crippen LogP) is 1.73. The monoisotopic (exact) mass is 233 g/mol. The summed E-state index contributed by atoms with van der Waals surface area (Å²) in [5.41, 5.74) is 1.06. The third-order valence-electron chi connectivity index (χ3n) is 2.88. The summed E-state index contributed by atoms with van der Waals surface area (Å²) in [5.74, 6) is -0.514. The topological polar surface area (TPSA) is 49.3 Å². The zero-order chi connectivity index (χ0) is 12.7. The number of hydrogen-bond acceptors (Lipinski definition) is 2. The minimum atomic E-state index is -0.263. The minimum absolute atomic E-state index is 0.0522. The van der Waals surface area contributed by atoms with E-state index >= 15 is 0 Å². The summed E-state index contributed by atoms with van der Waals surface area (Å²) in [7, 11) is 0. The largest absolute Gasteiger partial charge is 0.396 e. The Morgan fingerprint density at radius 2 is 2.12 bits per heavy atom. The van der Waals surface area contributed by atoms with E-state index < -0.39 is 0 Å². The van der Waals surface area contributed by atoms with E-state index in [-0.39, 0.29) is 24.3 Å². The molecule has 0 radical (unpaired) electrons. The molecule has 0 fully saturated rings. The number of aliphatic hydroxyl groups is 1. The molecule has 2 atom stereocenters. The Morgan fingerprint density at radius 1 is 1.47 bits per heavy atom. The van der Waals surface area contributed by atoms with E-state index in [1.807, 2.05) is 30.3 Å². The number of hydrogen-bond donors (Lipinski definition) is 2. The van der Waals surface area contributed by atoms with Gasteiger partial charge in [0.1, 0.15) is 0 Å². The lowest BCUT2D eigenvalue weighted by Crippen LogP contribution is -2.33. The predicted molar refractivity (Wildman–Crippen MR) is 68.2 cm³/mol. The van der Waals surface area contributed by atoms with Gasteiger partial charge in [-0.05, 0) is 5.56 Å². The molecule has 3 nitrogen and oxygen atoms in total. The highest BCUT2D eigenvalue weighted by atomic mass is 16.3. The van der Waals surface area contributed by atoms with E-state index in [4.69, 9.17) is 5.11 Å². The molecule has 0 aliphatic rings. The fourth-order valence-electron chi connectivity index (χ4n) is 1.58. The average molecular weight is 233 g/mol.